The number of ether oxygens (including phenoxy) is 1. The summed E-state index contributed by atoms with van der Waals surface area (Å²) in [4.78, 5) is 13.4. The van der Waals surface area contributed by atoms with Crippen molar-refractivity contribution in [2.24, 2.45) is 0 Å². The molecular weight excluding hydrogens is 192 g/mol. The minimum absolute atomic E-state index is 0.144. The number of likely N-dealkylation sites (N-methyl/N-ethyl adjacent to an activating group) is 1. The molecular formula is C11H22N2O2. The standard InChI is InChI=1S/C11H22N2O2/c1-9(7-11(14)15-3)12-8-10-5-4-6-13(10)2/h9-10,12H,4-8H2,1-3H3. The van der Waals surface area contributed by atoms with Crippen molar-refractivity contribution in [2.75, 3.05) is 27.2 Å². The third-order valence-corrected chi connectivity index (χ3v) is 3.07. The molecule has 0 spiro atoms. The van der Waals surface area contributed by atoms with Crippen LogP contribution < -0.4 is 5.32 Å². The molecule has 1 fully saturated rings. The maximum Gasteiger partial charge on any atom is 0.307 e. The summed E-state index contributed by atoms with van der Waals surface area (Å²) in [6.07, 6.45) is 3.00. The second-order valence-corrected chi connectivity index (χ2v) is 4.37. The first-order chi connectivity index (χ1) is 7.13. The van der Waals surface area contributed by atoms with Gasteiger partial charge in [0.25, 0.3) is 0 Å². The van der Waals surface area contributed by atoms with Gasteiger partial charge in [0.15, 0.2) is 0 Å². The predicted octanol–water partition coefficient (Wildman–Crippen LogP) is 0.622. The first-order valence-electron chi connectivity index (χ1n) is 5.64. The molecule has 15 heavy (non-hydrogen) atoms. The van der Waals surface area contributed by atoms with Crippen LogP contribution >= 0.6 is 0 Å². The van der Waals surface area contributed by atoms with Crippen LogP contribution in [0, 0.1) is 0 Å². The number of nitrogens with zero attached hydrogens (tertiary/aromatic N) is 1. The minimum Gasteiger partial charge on any atom is -0.469 e. The molecule has 1 aliphatic rings. The number of carbonyl (C=O) groups excluding carboxylic acids is 1. The van der Waals surface area contributed by atoms with Gasteiger partial charge in [-0.05, 0) is 33.4 Å². The number of carbonyl (C=O) groups is 1. The van der Waals surface area contributed by atoms with E-state index in [9.17, 15) is 4.79 Å². The van der Waals surface area contributed by atoms with Gasteiger partial charge in [-0.2, -0.15) is 0 Å². The molecule has 2 atom stereocenters. The molecule has 88 valence electrons. The van der Waals surface area contributed by atoms with Gasteiger partial charge in [0, 0.05) is 18.6 Å². The molecule has 0 saturated carbocycles. The van der Waals surface area contributed by atoms with Crippen molar-refractivity contribution in [3.05, 3.63) is 0 Å². The van der Waals surface area contributed by atoms with Crippen LogP contribution in [0.5, 0.6) is 0 Å². The SMILES string of the molecule is COC(=O)CC(C)NCC1CCCN1C. The number of esters is 1. The average molecular weight is 214 g/mol. The highest BCUT2D eigenvalue weighted by Crippen LogP contribution is 2.13. The van der Waals surface area contributed by atoms with Crippen molar-refractivity contribution in [3.8, 4) is 0 Å². The van der Waals surface area contributed by atoms with Gasteiger partial charge >= 0.3 is 5.97 Å². The highest BCUT2D eigenvalue weighted by atomic mass is 16.5. The summed E-state index contributed by atoms with van der Waals surface area (Å²) in [5, 5.41) is 3.38. The summed E-state index contributed by atoms with van der Waals surface area (Å²) in [6, 6.07) is 0.830. The first-order valence-corrected chi connectivity index (χ1v) is 5.64. The lowest BCUT2D eigenvalue weighted by molar-refractivity contribution is -0.141. The highest BCUT2D eigenvalue weighted by Gasteiger charge is 2.21. The summed E-state index contributed by atoms with van der Waals surface area (Å²) in [5.41, 5.74) is 0. The smallest absolute Gasteiger partial charge is 0.307 e. The van der Waals surface area contributed by atoms with Crippen LogP contribution in [-0.4, -0.2) is 50.2 Å². The number of likely N-dealkylation sites (tertiary alicyclic amines) is 1. The van der Waals surface area contributed by atoms with Gasteiger partial charge in [-0.1, -0.05) is 0 Å². The lowest BCUT2D eigenvalue weighted by Crippen LogP contribution is -2.40. The molecule has 1 N–H and O–H groups in total. The minimum atomic E-state index is -0.144. The van der Waals surface area contributed by atoms with E-state index in [2.05, 4.69) is 22.0 Å². The van der Waals surface area contributed by atoms with E-state index in [1.54, 1.807) is 0 Å². The quantitative estimate of drug-likeness (QED) is 0.681. The molecule has 0 aromatic heterocycles. The Bertz CT molecular complexity index is 209. The van der Waals surface area contributed by atoms with Crippen molar-refractivity contribution >= 4 is 5.97 Å². The molecule has 1 rings (SSSR count). The summed E-state index contributed by atoms with van der Waals surface area (Å²) in [7, 11) is 3.59. The topological polar surface area (TPSA) is 41.6 Å². The van der Waals surface area contributed by atoms with Crippen LogP contribution in [0.2, 0.25) is 0 Å². The molecule has 0 aromatic rings. The van der Waals surface area contributed by atoms with Crippen LogP contribution in [-0.2, 0) is 9.53 Å². The molecule has 1 heterocycles. The Morgan fingerprint density at radius 3 is 2.93 bits per heavy atom. The Morgan fingerprint density at radius 2 is 2.40 bits per heavy atom. The molecule has 1 aliphatic heterocycles. The van der Waals surface area contributed by atoms with E-state index in [0.717, 1.165) is 6.54 Å². The predicted molar refractivity (Wildman–Crippen MR) is 59.7 cm³/mol. The zero-order valence-electron chi connectivity index (χ0n) is 9.95. The molecule has 4 heteroatoms. The monoisotopic (exact) mass is 214 g/mol. The van der Waals surface area contributed by atoms with E-state index in [-0.39, 0.29) is 12.0 Å². The summed E-state index contributed by atoms with van der Waals surface area (Å²) < 4.78 is 4.62. The highest BCUT2D eigenvalue weighted by molar-refractivity contribution is 5.69. The van der Waals surface area contributed by atoms with E-state index in [0.29, 0.717) is 12.5 Å². The lowest BCUT2D eigenvalue weighted by Gasteiger charge is -2.22. The third kappa shape index (κ3) is 4.18. The fraction of sp³-hybridized carbons (Fsp3) is 0.909. The van der Waals surface area contributed by atoms with Crippen molar-refractivity contribution < 1.29 is 9.53 Å². The molecule has 0 aromatic carbocycles. The Balaban J connectivity index is 2.15. The molecule has 0 amide bonds. The van der Waals surface area contributed by atoms with E-state index in [4.69, 9.17) is 0 Å². The van der Waals surface area contributed by atoms with Gasteiger partial charge in [0.1, 0.15) is 0 Å². The fourth-order valence-corrected chi connectivity index (χ4v) is 1.98. The largest absolute Gasteiger partial charge is 0.469 e. The zero-order valence-corrected chi connectivity index (χ0v) is 9.95. The Morgan fingerprint density at radius 1 is 1.67 bits per heavy atom. The van der Waals surface area contributed by atoms with Crippen molar-refractivity contribution in [1.82, 2.24) is 10.2 Å². The molecule has 4 nitrogen and oxygen atoms in total. The van der Waals surface area contributed by atoms with Gasteiger partial charge in [-0.3, -0.25) is 4.79 Å². The molecule has 0 bridgehead atoms. The van der Waals surface area contributed by atoms with Crippen molar-refractivity contribution in [1.29, 1.82) is 0 Å². The van der Waals surface area contributed by atoms with Crippen LogP contribution in [0.1, 0.15) is 26.2 Å². The summed E-state index contributed by atoms with van der Waals surface area (Å²) in [5.74, 6) is -0.144. The second-order valence-electron chi connectivity index (χ2n) is 4.37. The molecule has 1 saturated heterocycles. The normalized spacial score (nSPS) is 24.1. The van der Waals surface area contributed by atoms with Gasteiger partial charge in [0.2, 0.25) is 0 Å². The molecule has 2 unspecified atom stereocenters. The summed E-state index contributed by atoms with van der Waals surface area (Å²) >= 11 is 0. The fourth-order valence-electron chi connectivity index (χ4n) is 1.98. The number of methoxy groups -OCH3 is 1. The number of nitrogens with one attached hydrogen (secondary N) is 1. The van der Waals surface area contributed by atoms with E-state index >= 15 is 0 Å². The van der Waals surface area contributed by atoms with Crippen molar-refractivity contribution in [2.45, 2.75) is 38.3 Å². The maximum absolute atomic E-state index is 11.0. The van der Waals surface area contributed by atoms with Crippen LogP contribution in [0.3, 0.4) is 0 Å². The maximum atomic E-state index is 11.0. The van der Waals surface area contributed by atoms with E-state index in [1.807, 2.05) is 6.92 Å². The average Bonchev–Trinajstić information content (AvgIpc) is 2.61. The van der Waals surface area contributed by atoms with Crippen LogP contribution in [0.25, 0.3) is 0 Å². The number of hydrogen-bond donors (Lipinski definition) is 1. The number of rotatable bonds is 5. The van der Waals surface area contributed by atoms with Gasteiger partial charge in [-0.15, -0.1) is 0 Å². The molecule has 0 radical (unpaired) electrons. The van der Waals surface area contributed by atoms with Crippen molar-refractivity contribution in [3.63, 3.8) is 0 Å². The molecule has 0 aliphatic carbocycles. The second kappa shape index (κ2) is 6.08. The lowest BCUT2D eigenvalue weighted by atomic mass is 10.2. The zero-order chi connectivity index (χ0) is 11.3. The van der Waals surface area contributed by atoms with Crippen LogP contribution in [0.15, 0.2) is 0 Å². The van der Waals surface area contributed by atoms with E-state index in [1.165, 1.54) is 26.5 Å². The summed E-state index contributed by atoms with van der Waals surface area (Å²) in [6.45, 7) is 4.18. The van der Waals surface area contributed by atoms with E-state index < -0.39 is 0 Å². The van der Waals surface area contributed by atoms with Gasteiger partial charge in [-0.25, -0.2) is 0 Å². The van der Waals surface area contributed by atoms with Gasteiger partial charge in [0.05, 0.1) is 13.5 Å². The Kier molecular flexibility index (Phi) is 5.05. The Labute approximate surface area is 92.0 Å². The number of hydrogen-bond acceptors (Lipinski definition) is 4. The third-order valence-electron chi connectivity index (χ3n) is 3.07. The van der Waals surface area contributed by atoms with Crippen LogP contribution in [0.4, 0.5) is 0 Å². The Hall–Kier alpha value is -0.610. The van der Waals surface area contributed by atoms with Gasteiger partial charge < -0.3 is 15.0 Å². The first kappa shape index (κ1) is 12.5.